The molecule has 116 valence electrons. The van der Waals surface area contributed by atoms with Crippen LogP contribution in [0.2, 0.25) is 0 Å². The molecule has 1 saturated heterocycles. The van der Waals surface area contributed by atoms with Crippen molar-refractivity contribution in [3.63, 3.8) is 0 Å². The van der Waals surface area contributed by atoms with Crippen molar-refractivity contribution < 1.29 is 4.79 Å². The van der Waals surface area contributed by atoms with E-state index in [-0.39, 0.29) is 5.91 Å². The van der Waals surface area contributed by atoms with Crippen LogP contribution >= 0.6 is 0 Å². The Balaban J connectivity index is 1.44. The Morgan fingerprint density at radius 2 is 2.36 bits per heavy atom. The number of hydrogen-bond donors (Lipinski definition) is 2. The summed E-state index contributed by atoms with van der Waals surface area (Å²) in [6.45, 7) is 5.59. The summed E-state index contributed by atoms with van der Waals surface area (Å²) in [5, 5.41) is 3.01. The van der Waals surface area contributed by atoms with Gasteiger partial charge < -0.3 is 10.3 Å². The van der Waals surface area contributed by atoms with Crippen LogP contribution in [0.15, 0.2) is 30.9 Å². The Hall–Kier alpha value is -2.21. The Morgan fingerprint density at radius 1 is 1.45 bits per heavy atom. The van der Waals surface area contributed by atoms with Crippen molar-refractivity contribution in [2.24, 2.45) is 5.92 Å². The highest BCUT2D eigenvalue weighted by atomic mass is 16.1. The molecule has 0 radical (unpaired) electrons. The number of pyridine rings is 1. The van der Waals surface area contributed by atoms with Gasteiger partial charge in [-0.1, -0.05) is 0 Å². The number of aromatic nitrogens is 3. The fourth-order valence-corrected chi connectivity index (χ4v) is 2.78. The number of imidazole rings is 1. The van der Waals surface area contributed by atoms with Crippen molar-refractivity contribution in [1.82, 2.24) is 25.2 Å². The van der Waals surface area contributed by atoms with Gasteiger partial charge in [0.1, 0.15) is 0 Å². The molecule has 6 nitrogen and oxygen atoms in total. The normalized spacial score (nSPS) is 18.5. The molecular weight excluding hydrogens is 278 g/mol. The van der Waals surface area contributed by atoms with Crippen molar-refractivity contribution in [3.05, 3.63) is 47.8 Å². The van der Waals surface area contributed by atoms with Crippen LogP contribution in [-0.2, 0) is 6.54 Å². The summed E-state index contributed by atoms with van der Waals surface area (Å²) < 4.78 is 0. The van der Waals surface area contributed by atoms with Crippen molar-refractivity contribution in [1.29, 1.82) is 0 Å². The number of H-pyrrole nitrogens is 1. The largest absolute Gasteiger partial charge is 0.352 e. The molecule has 0 spiro atoms. The minimum Gasteiger partial charge on any atom is -0.352 e. The van der Waals surface area contributed by atoms with Gasteiger partial charge in [-0.25, -0.2) is 4.98 Å². The number of carbonyl (C=O) groups is 1. The lowest BCUT2D eigenvalue weighted by Gasteiger charge is -2.15. The average molecular weight is 299 g/mol. The van der Waals surface area contributed by atoms with Crippen molar-refractivity contribution in [2.75, 3.05) is 19.6 Å². The zero-order valence-corrected chi connectivity index (χ0v) is 12.7. The van der Waals surface area contributed by atoms with Crippen LogP contribution < -0.4 is 5.32 Å². The second-order valence-electron chi connectivity index (χ2n) is 5.86. The summed E-state index contributed by atoms with van der Waals surface area (Å²) in [5.41, 5.74) is 2.68. The summed E-state index contributed by atoms with van der Waals surface area (Å²) >= 11 is 0. The van der Waals surface area contributed by atoms with Crippen LogP contribution in [0, 0.1) is 12.8 Å². The third-order valence-corrected chi connectivity index (χ3v) is 4.04. The first kappa shape index (κ1) is 14.7. The number of nitrogens with zero attached hydrogens (tertiary/aromatic N) is 3. The summed E-state index contributed by atoms with van der Waals surface area (Å²) in [7, 11) is 0. The summed E-state index contributed by atoms with van der Waals surface area (Å²) in [4.78, 5) is 25.8. The van der Waals surface area contributed by atoms with E-state index in [9.17, 15) is 4.79 Å². The molecule has 1 amide bonds. The lowest BCUT2D eigenvalue weighted by Crippen LogP contribution is -2.31. The first-order valence-electron chi connectivity index (χ1n) is 7.61. The molecule has 0 unspecified atom stereocenters. The number of aryl methyl sites for hydroxylation is 1. The Labute approximate surface area is 130 Å². The monoisotopic (exact) mass is 299 g/mol. The number of nitrogens with one attached hydrogen (secondary N) is 2. The van der Waals surface area contributed by atoms with E-state index in [4.69, 9.17) is 0 Å². The molecule has 1 fully saturated rings. The lowest BCUT2D eigenvalue weighted by atomic mass is 10.1. The molecule has 6 heteroatoms. The quantitative estimate of drug-likeness (QED) is 0.874. The molecule has 1 atom stereocenters. The lowest BCUT2D eigenvalue weighted by molar-refractivity contribution is 0.0947. The third kappa shape index (κ3) is 3.71. The van der Waals surface area contributed by atoms with Crippen LogP contribution in [0.3, 0.4) is 0 Å². The average Bonchev–Trinajstić information content (AvgIpc) is 3.18. The van der Waals surface area contributed by atoms with E-state index in [1.54, 1.807) is 12.5 Å². The minimum atomic E-state index is -0.0421. The Bertz CT molecular complexity index is 608. The second kappa shape index (κ2) is 6.70. The van der Waals surface area contributed by atoms with Crippen LogP contribution in [-0.4, -0.2) is 45.4 Å². The van der Waals surface area contributed by atoms with E-state index in [0.29, 0.717) is 18.0 Å². The third-order valence-electron chi connectivity index (χ3n) is 4.04. The molecule has 2 aromatic rings. The van der Waals surface area contributed by atoms with Gasteiger partial charge in [-0.3, -0.25) is 14.7 Å². The molecular formula is C16H21N5O. The fraction of sp³-hybridized carbons (Fsp3) is 0.438. The summed E-state index contributed by atoms with van der Waals surface area (Å²) in [6.07, 6.45) is 6.31. The molecule has 0 aliphatic carbocycles. The highest BCUT2D eigenvalue weighted by Crippen LogP contribution is 2.17. The van der Waals surface area contributed by atoms with E-state index in [1.165, 1.54) is 0 Å². The van der Waals surface area contributed by atoms with Gasteiger partial charge in [0.25, 0.3) is 5.91 Å². The van der Waals surface area contributed by atoms with Gasteiger partial charge in [-0.05, 0) is 37.9 Å². The molecule has 22 heavy (non-hydrogen) atoms. The van der Waals surface area contributed by atoms with Crippen LogP contribution in [0.1, 0.15) is 28.2 Å². The molecule has 0 bridgehead atoms. The zero-order chi connectivity index (χ0) is 15.4. The second-order valence-corrected chi connectivity index (χ2v) is 5.86. The van der Waals surface area contributed by atoms with Crippen molar-refractivity contribution in [3.8, 4) is 0 Å². The van der Waals surface area contributed by atoms with Crippen LogP contribution in [0.25, 0.3) is 0 Å². The van der Waals surface area contributed by atoms with E-state index >= 15 is 0 Å². The number of aromatic amines is 1. The molecule has 2 aromatic heterocycles. The maximum atomic E-state index is 12.1. The zero-order valence-electron chi connectivity index (χ0n) is 12.7. The molecule has 3 rings (SSSR count). The van der Waals surface area contributed by atoms with E-state index in [1.807, 2.05) is 25.3 Å². The maximum absolute atomic E-state index is 12.1. The molecule has 1 aliphatic rings. The standard InChI is InChI=1S/C16H21N5O/c1-12-2-3-14(7-18-12)16(22)19-6-13-4-5-21(9-13)10-15-8-17-11-20-15/h2-3,7-8,11,13H,4-6,9-10H2,1H3,(H,17,20)(H,19,22)/t13-/m0/s1. The Kier molecular flexibility index (Phi) is 4.48. The number of rotatable bonds is 5. The van der Waals surface area contributed by atoms with Gasteiger partial charge in [0, 0.05) is 43.4 Å². The molecule has 3 heterocycles. The maximum Gasteiger partial charge on any atom is 0.252 e. The van der Waals surface area contributed by atoms with Gasteiger partial charge in [0.2, 0.25) is 0 Å². The van der Waals surface area contributed by atoms with Gasteiger partial charge in [-0.2, -0.15) is 0 Å². The SMILES string of the molecule is Cc1ccc(C(=O)NC[C@@H]2CCN(Cc3cnc[nH]3)C2)cn1. The first-order chi connectivity index (χ1) is 10.7. The van der Waals surface area contributed by atoms with Gasteiger partial charge in [0.05, 0.1) is 11.9 Å². The number of carbonyl (C=O) groups excluding carboxylic acids is 1. The predicted molar refractivity (Wildman–Crippen MR) is 83.3 cm³/mol. The minimum absolute atomic E-state index is 0.0421. The molecule has 1 aliphatic heterocycles. The topological polar surface area (TPSA) is 73.9 Å². The number of likely N-dealkylation sites (tertiary alicyclic amines) is 1. The summed E-state index contributed by atoms with van der Waals surface area (Å²) in [5.74, 6) is 0.463. The predicted octanol–water partition coefficient (Wildman–Crippen LogP) is 1.37. The molecule has 2 N–H and O–H groups in total. The van der Waals surface area contributed by atoms with E-state index < -0.39 is 0 Å². The van der Waals surface area contributed by atoms with Crippen LogP contribution in [0.4, 0.5) is 0 Å². The Morgan fingerprint density at radius 3 is 3.09 bits per heavy atom. The number of amides is 1. The first-order valence-corrected chi connectivity index (χ1v) is 7.61. The van der Waals surface area contributed by atoms with Crippen molar-refractivity contribution >= 4 is 5.91 Å². The van der Waals surface area contributed by atoms with E-state index in [0.717, 1.165) is 37.4 Å². The highest BCUT2D eigenvalue weighted by Gasteiger charge is 2.23. The van der Waals surface area contributed by atoms with Crippen LogP contribution in [0.5, 0.6) is 0 Å². The smallest absolute Gasteiger partial charge is 0.252 e. The highest BCUT2D eigenvalue weighted by molar-refractivity contribution is 5.93. The van der Waals surface area contributed by atoms with Gasteiger partial charge in [0.15, 0.2) is 0 Å². The number of hydrogen-bond acceptors (Lipinski definition) is 4. The molecule has 0 aromatic carbocycles. The van der Waals surface area contributed by atoms with Gasteiger partial charge in [-0.15, -0.1) is 0 Å². The van der Waals surface area contributed by atoms with Crippen molar-refractivity contribution in [2.45, 2.75) is 19.9 Å². The molecule has 0 saturated carbocycles. The summed E-state index contributed by atoms with van der Waals surface area (Å²) in [6, 6.07) is 3.67. The van der Waals surface area contributed by atoms with E-state index in [2.05, 4.69) is 25.2 Å². The fourth-order valence-electron chi connectivity index (χ4n) is 2.78. The van der Waals surface area contributed by atoms with Gasteiger partial charge >= 0.3 is 0 Å².